The van der Waals surface area contributed by atoms with Crippen molar-refractivity contribution in [2.75, 3.05) is 0 Å². The van der Waals surface area contributed by atoms with Crippen molar-refractivity contribution in [1.82, 2.24) is 15.5 Å². The first-order valence-electron chi connectivity index (χ1n) is 5.80. The monoisotopic (exact) mass is 227 g/mol. The number of aryl methyl sites for hydroxylation is 1. The lowest BCUT2D eigenvalue weighted by atomic mass is 10.0. The molecule has 3 heteroatoms. The average molecular weight is 227 g/mol. The summed E-state index contributed by atoms with van der Waals surface area (Å²) >= 11 is 0. The molecule has 0 bridgehead atoms. The van der Waals surface area contributed by atoms with Crippen LogP contribution in [0.15, 0.2) is 36.5 Å². The van der Waals surface area contributed by atoms with Gasteiger partial charge in [-0.25, -0.2) is 0 Å². The first-order chi connectivity index (χ1) is 8.27. The van der Waals surface area contributed by atoms with Crippen molar-refractivity contribution in [2.45, 2.75) is 26.9 Å². The van der Waals surface area contributed by atoms with E-state index in [0.717, 1.165) is 18.8 Å². The molecule has 17 heavy (non-hydrogen) atoms. The summed E-state index contributed by atoms with van der Waals surface area (Å²) < 4.78 is 0. The molecule has 1 aromatic heterocycles. The van der Waals surface area contributed by atoms with Gasteiger partial charge in [-0.05, 0) is 42.7 Å². The van der Waals surface area contributed by atoms with Crippen LogP contribution in [0.25, 0.3) is 0 Å². The van der Waals surface area contributed by atoms with Gasteiger partial charge in [0.1, 0.15) is 0 Å². The Hall–Kier alpha value is -1.74. The highest BCUT2D eigenvalue weighted by molar-refractivity contribution is 5.32. The van der Waals surface area contributed by atoms with Gasteiger partial charge < -0.3 is 5.32 Å². The van der Waals surface area contributed by atoms with E-state index in [9.17, 15) is 0 Å². The Labute approximate surface area is 102 Å². The third-order valence-electron chi connectivity index (χ3n) is 2.97. The van der Waals surface area contributed by atoms with Crippen LogP contribution in [0.4, 0.5) is 0 Å². The summed E-state index contributed by atoms with van der Waals surface area (Å²) in [5.74, 6) is 0. The molecule has 0 atom stereocenters. The van der Waals surface area contributed by atoms with Crippen molar-refractivity contribution in [2.24, 2.45) is 0 Å². The van der Waals surface area contributed by atoms with Crippen LogP contribution < -0.4 is 5.32 Å². The van der Waals surface area contributed by atoms with Crippen LogP contribution in [0, 0.1) is 13.8 Å². The number of nitrogens with zero attached hydrogens (tertiary/aromatic N) is 2. The van der Waals surface area contributed by atoms with Crippen LogP contribution in [-0.2, 0) is 13.1 Å². The Balaban J connectivity index is 1.93. The Morgan fingerprint density at radius 3 is 2.71 bits per heavy atom. The largest absolute Gasteiger partial charge is 0.307 e. The van der Waals surface area contributed by atoms with Crippen molar-refractivity contribution in [3.8, 4) is 0 Å². The maximum Gasteiger partial charge on any atom is 0.0769 e. The number of hydrogen-bond acceptors (Lipinski definition) is 3. The third kappa shape index (κ3) is 3.11. The van der Waals surface area contributed by atoms with Gasteiger partial charge in [-0.3, -0.25) is 0 Å². The molecule has 2 aromatic rings. The molecule has 0 aliphatic carbocycles. The number of hydrogen-bond donors (Lipinski definition) is 1. The SMILES string of the molecule is Cc1cccc(CNCc2cccnn2)c1C. The number of aromatic nitrogens is 2. The first kappa shape index (κ1) is 11.7. The smallest absolute Gasteiger partial charge is 0.0769 e. The average Bonchev–Trinajstić information content (AvgIpc) is 2.36. The first-order valence-corrected chi connectivity index (χ1v) is 5.80. The molecule has 1 heterocycles. The van der Waals surface area contributed by atoms with Crippen molar-refractivity contribution < 1.29 is 0 Å². The van der Waals surface area contributed by atoms with Gasteiger partial charge in [-0.1, -0.05) is 18.2 Å². The molecular weight excluding hydrogens is 210 g/mol. The summed E-state index contributed by atoms with van der Waals surface area (Å²) in [6.45, 7) is 5.92. The fourth-order valence-electron chi connectivity index (χ4n) is 1.76. The highest BCUT2D eigenvalue weighted by Crippen LogP contribution is 2.12. The van der Waals surface area contributed by atoms with E-state index in [0.29, 0.717) is 0 Å². The number of benzene rings is 1. The zero-order valence-electron chi connectivity index (χ0n) is 10.3. The van der Waals surface area contributed by atoms with E-state index < -0.39 is 0 Å². The summed E-state index contributed by atoms with van der Waals surface area (Å²) in [7, 11) is 0. The summed E-state index contributed by atoms with van der Waals surface area (Å²) in [6, 6.07) is 10.3. The van der Waals surface area contributed by atoms with Crippen LogP contribution in [0.3, 0.4) is 0 Å². The minimum Gasteiger partial charge on any atom is -0.307 e. The fourth-order valence-corrected chi connectivity index (χ4v) is 1.76. The second-order valence-corrected chi connectivity index (χ2v) is 4.18. The van der Waals surface area contributed by atoms with Gasteiger partial charge in [0.05, 0.1) is 5.69 Å². The number of rotatable bonds is 4. The van der Waals surface area contributed by atoms with Crippen LogP contribution in [-0.4, -0.2) is 10.2 Å². The molecule has 2 rings (SSSR count). The number of nitrogens with one attached hydrogen (secondary N) is 1. The Kier molecular flexibility index (Phi) is 3.83. The van der Waals surface area contributed by atoms with Gasteiger partial charge in [0.15, 0.2) is 0 Å². The van der Waals surface area contributed by atoms with E-state index in [2.05, 4.69) is 47.6 Å². The van der Waals surface area contributed by atoms with Gasteiger partial charge in [0.25, 0.3) is 0 Å². The fraction of sp³-hybridized carbons (Fsp3) is 0.286. The normalized spacial score (nSPS) is 10.5. The zero-order valence-corrected chi connectivity index (χ0v) is 10.3. The van der Waals surface area contributed by atoms with Crippen molar-refractivity contribution in [3.05, 3.63) is 58.9 Å². The molecule has 0 aliphatic rings. The predicted molar refractivity (Wildman–Crippen MR) is 68.5 cm³/mol. The predicted octanol–water partition coefficient (Wildman–Crippen LogP) is 2.38. The third-order valence-corrected chi connectivity index (χ3v) is 2.97. The van der Waals surface area contributed by atoms with Crippen molar-refractivity contribution in [3.63, 3.8) is 0 Å². The molecule has 0 fully saturated rings. The molecule has 0 saturated carbocycles. The van der Waals surface area contributed by atoms with Gasteiger partial charge in [0.2, 0.25) is 0 Å². The molecule has 1 N–H and O–H groups in total. The van der Waals surface area contributed by atoms with Gasteiger partial charge >= 0.3 is 0 Å². The molecule has 1 aromatic carbocycles. The van der Waals surface area contributed by atoms with E-state index in [4.69, 9.17) is 0 Å². The quantitative estimate of drug-likeness (QED) is 0.871. The van der Waals surface area contributed by atoms with Crippen LogP contribution >= 0.6 is 0 Å². The van der Waals surface area contributed by atoms with E-state index in [1.165, 1.54) is 16.7 Å². The molecule has 88 valence electrons. The molecule has 3 nitrogen and oxygen atoms in total. The van der Waals surface area contributed by atoms with Gasteiger partial charge in [-0.15, -0.1) is 0 Å². The van der Waals surface area contributed by atoms with Crippen LogP contribution in [0.1, 0.15) is 22.4 Å². The molecular formula is C14H17N3. The summed E-state index contributed by atoms with van der Waals surface area (Å²) in [5.41, 5.74) is 5.01. The summed E-state index contributed by atoms with van der Waals surface area (Å²) in [5, 5.41) is 11.3. The highest BCUT2D eigenvalue weighted by atomic mass is 15.1. The Morgan fingerprint density at radius 1 is 1.06 bits per heavy atom. The molecule has 0 radical (unpaired) electrons. The standard InChI is InChI=1S/C14H17N3/c1-11-5-3-6-13(12(11)2)9-15-10-14-7-4-8-16-17-14/h3-8,15H,9-10H2,1-2H3. The molecule has 0 saturated heterocycles. The molecule has 0 spiro atoms. The van der Waals surface area contributed by atoms with E-state index in [-0.39, 0.29) is 0 Å². The molecule has 0 unspecified atom stereocenters. The van der Waals surface area contributed by atoms with Crippen LogP contribution in [0.2, 0.25) is 0 Å². The van der Waals surface area contributed by atoms with Crippen LogP contribution in [0.5, 0.6) is 0 Å². The summed E-state index contributed by atoms with van der Waals surface area (Å²) in [6.07, 6.45) is 1.69. The minimum atomic E-state index is 0.751. The Bertz CT molecular complexity index is 480. The minimum absolute atomic E-state index is 0.751. The molecule has 0 aliphatic heterocycles. The lowest BCUT2D eigenvalue weighted by Crippen LogP contribution is -2.14. The van der Waals surface area contributed by atoms with E-state index in [1.807, 2.05) is 12.1 Å². The van der Waals surface area contributed by atoms with Gasteiger partial charge in [-0.2, -0.15) is 10.2 Å². The van der Waals surface area contributed by atoms with Crippen molar-refractivity contribution >= 4 is 0 Å². The molecule has 0 amide bonds. The second kappa shape index (κ2) is 5.55. The maximum absolute atomic E-state index is 4.04. The lowest BCUT2D eigenvalue weighted by molar-refractivity contribution is 0.667. The van der Waals surface area contributed by atoms with E-state index >= 15 is 0 Å². The van der Waals surface area contributed by atoms with Gasteiger partial charge in [0, 0.05) is 19.3 Å². The second-order valence-electron chi connectivity index (χ2n) is 4.18. The van der Waals surface area contributed by atoms with E-state index in [1.54, 1.807) is 6.20 Å². The lowest BCUT2D eigenvalue weighted by Gasteiger charge is -2.09. The highest BCUT2D eigenvalue weighted by Gasteiger charge is 2.00. The topological polar surface area (TPSA) is 37.8 Å². The zero-order chi connectivity index (χ0) is 12.1. The summed E-state index contributed by atoms with van der Waals surface area (Å²) in [4.78, 5) is 0. The van der Waals surface area contributed by atoms with Crippen molar-refractivity contribution in [1.29, 1.82) is 0 Å². The maximum atomic E-state index is 4.04. The Morgan fingerprint density at radius 2 is 1.94 bits per heavy atom.